The third kappa shape index (κ3) is 4.47. The third-order valence-corrected chi connectivity index (χ3v) is 7.15. The van der Waals surface area contributed by atoms with Crippen molar-refractivity contribution < 1.29 is 8.42 Å². The van der Waals surface area contributed by atoms with Gasteiger partial charge in [-0.25, -0.2) is 8.42 Å². The average Bonchev–Trinajstić information content (AvgIpc) is 3.13. The van der Waals surface area contributed by atoms with Gasteiger partial charge in [0.25, 0.3) is 0 Å². The highest BCUT2D eigenvalue weighted by molar-refractivity contribution is 7.90. The van der Waals surface area contributed by atoms with Crippen LogP contribution in [-0.2, 0) is 9.84 Å². The van der Waals surface area contributed by atoms with Crippen molar-refractivity contribution in [2.75, 3.05) is 19.3 Å². The number of piperidine rings is 1. The van der Waals surface area contributed by atoms with Crippen molar-refractivity contribution in [3.8, 4) is 0 Å². The summed E-state index contributed by atoms with van der Waals surface area (Å²) in [6.07, 6.45) is 7.13. The molecule has 6 heteroatoms. The van der Waals surface area contributed by atoms with Crippen molar-refractivity contribution in [3.63, 3.8) is 0 Å². The molecule has 3 rings (SSSR count). The lowest BCUT2D eigenvalue weighted by Gasteiger charge is -2.47. The van der Waals surface area contributed by atoms with Gasteiger partial charge in [-0.2, -0.15) is 0 Å². The predicted molar refractivity (Wildman–Crippen MR) is 106 cm³/mol. The van der Waals surface area contributed by atoms with Crippen LogP contribution in [0.2, 0.25) is 0 Å². The lowest BCUT2D eigenvalue weighted by atomic mass is 9.82. The van der Waals surface area contributed by atoms with Crippen LogP contribution < -0.4 is 16.0 Å². The topological polar surface area (TPSA) is 70.2 Å². The Labute approximate surface area is 158 Å². The molecule has 3 unspecified atom stereocenters. The standard InChI is InChI=1S/C20H33N3O2S/c1-15(2)20(22-14-17-6-5-13-21-17)12-4-7-19(23-20)16-8-10-18(11-9-16)26(3,24)25/h8-11,15,17,19,21-23H,4-7,12-14H2,1-3H3. The lowest BCUT2D eigenvalue weighted by Crippen LogP contribution is -2.64. The maximum atomic E-state index is 11.7. The summed E-state index contributed by atoms with van der Waals surface area (Å²) >= 11 is 0. The minimum Gasteiger partial charge on any atom is -0.313 e. The average molecular weight is 380 g/mol. The van der Waals surface area contributed by atoms with Gasteiger partial charge < -0.3 is 5.32 Å². The van der Waals surface area contributed by atoms with Crippen molar-refractivity contribution in [3.05, 3.63) is 29.8 Å². The summed E-state index contributed by atoms with van der Waals surface area (Å²) in [4.78, 5) is 0.387. The zero-order chi connectivity index (χ0) is 18.8. The fourth-order valence-electron chi connectivity index (χ4n) is 4.27. The van der Waals surface area contributed by atoms with Crippen LogP contribution in [0.5, 0.6) is 0 Å². The van der Waals surface area contributed by atoms with E-state index in [2.05, 4.69) is 29.8 Å². The van der Waals surface area contributed by atoms with Gasteiger partial charge in [0.05, 0.1) is 10.6 Å². The molecular formula is C20H33N3O2S. The Kier molecular flexibility index (Phi) is 6.07. The highest BCUT2D eigenvalue weighted by Crippen LogP contribution is 2.34. The first-order valence-corrected chi connectivity index (χ1v) is 11.8. The molecule has 2 heterocycles. The molecule has 2 aliphatic rings. The Morgan fingerprint density at radius 1 is 1.19 bits per heavy atom. The SMILES string of the molecule is CC(C)C1(NCC2CCCN2)CCCC(c2ccc(S(C)(=O)=O)cc2)N1. The van der Waals surface area contributed by atoms with Gasteiger partial charge in [-0.3, -0.25) is 10.6 Å². The fraction of sp³-hybridized carbons (Fsp3) is 0.700. The molecule has 2 fully saturated rings. The highest BCUT2D eigenvalue weighted by Gasteiger charge is 2.39. The molecule has 0 amide bonds. The summed E-state index contributed by atoms with van der Waals surface area (Å²) in [5, 5.41) is 11.3. The van der Waals surface area contributed by atoms with Gasteiger partial charge >= 0.3 is 0 Å². The monoisotopic (exact) mass is 379 g/mol. The van der Waals surface area contributed by atoms with E-state index < -0.39 is 9.84 Å². The van der Waals surface area contributed by atoms with Crippen molar-refractivity contribution >= 4 is 9.84 Å². The van der Waals surface area contributed by atoms with E-state index in [1.54, 1.807) is 12.1 Å². The molecule has 0 aromatic heterocycles. The Hall–Kier alpha value is -0.950. The second-order valence-electron chi connectivity index (χ2n) is 8.23. The summed E-state index contributed by atoms with van der Waals surface area (Å²) in [6.45, 7) is 6.67. The molecule has 3 atom stereocenters. The van der Waals surface area contributed by atoms with Crippen LogP contribution in [-0.4, -0.2) is 39.5 Å². The second-order valence-corrected chi connectivity index (χ2v) is 10.2. The third-order valence-electron chi connectivity index (χ3n) is 6.02. The van der Waals surface area contributed by atoms with Gasteiger partial charge in [0.2, 0.25) is 0 Å². The quantitative estimate of drug-likeness (QED) is 0.709. The molecule has 0 saturated carbocycles. The first-order valence-electron chi connectivity index (χ1n) is 9.86. The molecule has 1 aromatic rings. The number of nitrogens with one attached hydrogen (secondary N) is 3. The van der Waals surface area contributed by atoms with Gasteiger partial charge in [-0.1, -0.05) is 26.0 Å². The molecule has 0 spiro atoms. The molecule has 146 valence electrons. The zero-order valence-corrected chi connectivity index (χ0v) is 17.0. The predicted octanol–water partition coefficient (Wildman–Crippen LogP) is 2.60. The molecule has 0 bridgehead atoms. The summed E-state index contributed by atoms with van der Waals surface area (Å²) in [7, 11) is -3.14. The van der Waals surface area contributed by atoms with Gasteiger partial charge in [-0.05, 0) is 62.3 Å². The van der Waals surface area contributed by atoms with E-state index >= 15 is 0 Å². The highest BCUT2D eigenvalue weighted by atomic mass is 32.2. The van der Waals surface area contributed by atoms with Gasteiger partial charge in [-0.15, -0.1) is 0 Å². The number of rotatable bonds is 6. The van der Waals surface area contributed by atoms with Crippen LogP contribution in [0.25, 0.3) is 0 Å². The Balaban J connectivity index is 1.72. The number of hydrogen-bond donors (Lipinski definition) is 3. The molecule has 2 saturated heterocycles. The van der Waals surface area contributed by atoms with E-state index in [0.29, 0.717) is 16.9 Å². The minimum atomic E-state index is -3.14. The Morgan fingerprint density at radius 2 is 1.92 bits per heavy atom. The summed E-state index contributed by atoms with van der Waals surface area (Å²) in [5.41, 5.74) is 1.10. The second kappa shape index (κ2) is 7.97. The molecule has 0 radical (unpaired) electrons. The molecule has 0 aliphatic carbocycles. The smallest absolute Gasteiger partial charge is 0.175 e. The van der Waals surface area contributed by atoms with E-state index in [1.165, 1.54) is 24.7 Å². The number of sulfone groups is 1. The first kappa shape index (κ1) is 19.8. The van der Waals surface area contributed by atoms with E-state index in [0.717, 1.165) is 32.4 Å². The van der Waals surface area contributed by atoms with Crippen LogP contribution in [0.1, 0.15) is 57.6 Å². The Bertz CT molecular complexity index is 696. The van der Waals surface area contributed by atoms with Crippen molar-refractivity contribution in [1.82, 2.24) is 16.0 Å². The Morgan fingerprint density at radius 3 is 2.50 bits per heavy atom. The molecule has 1 aromatic carbocycles. The summed E-state index contributed by atoms with van der Waals surface area (Å²) in [5.74, 6) is 0.474. The van der Waals surface area contributed by atoms with Gasteiger partial charge in [0.15, 0.2) is 9.84 Å². The fourth-order valence-corrected chi connectivity index (χ4v) is 4.90. The lowest BCUT2D eigenvalue weighted by molar-refractivity contribution is 0.105. The van der Waals surface area contributed by atoms with Gasteiger partial charge in [0, 0.05) is 24.9 Å². The van der Waals surface area contributed by atoms with Crippen LogP contribution >= 0.6 is 0 Å². The maximum Gasteiger partial charge on any atom is 0.175 e. The maximum absolute atomic E-state index is 11.7. The molecule has 26 heavy (non-hydrogen) atoms. The van der Waals surface area contributed by atoms with Crippen molar-refractivity contribution in [2.24, 2.45) is 5.92 Å². The molecule has 2 aliphatic heterocycles. The van der Waals surface area contributed by atoms with Crippen LogP contribution in [0.3, 0.4) is 0 Å². The zero-order valence-electron chi connectivity index (χ0n) is 16.2. The van der Waals surface area contributed by atoms with E-state index in [-0.39, 0.29) is 11.7 Å². The normalized spacial score (nSPS) is 30.0. The molecule has 5 nitrogen and oxygen atoms in total. The number of benzene rings is 1. The van der Waals surface area contributed by atoms with Crippen molar-refractivity contribution in [1.29, 1.82) is 0 Å². The van der Waals surface area contributed by atoms with Gasteiger partial charge in [0.1, 0.15) is 0 Å². The van der Waals surface area contributed by atoms with Crippen molar-refractivity contribution in [2.45, 2.75) is 68.6 Å². The largest absolute Gasteiger partial charge is 0.313 e. The summed E-state index contributed by atoms with van der Waals surface area (Å²) in [6, 6.07) is 8.21. The van der Waals surface area contributed by atoms with Crippen LogP contribution in [0.15, 0.2) is 29.2 Å². The van der Waals surface area contributed by atoms with Crippen LogP contribution in [0, 0.1) is 5.92 Å². The van der Waals surface area contributed by atoms with E-state index in [4.69, 9.17) is 0 Å². The minimum absolute atomic E-state index is 0.0668. The van der Waals surface area contributed by atoms with Crippen LogP contribution in [0.4, 0.5) is 0 Å². The van der Waals surface area contributed by atoms with E-state index in [1.807, 2.05) is 12.1 Å². The number of hydrogen-bond acceptors (Lipinski definition) is 5. The first-order chi connectivity index (χ1) is 12.3. The summed E-state index contributed by atoms with van der Waals surface area (Å²) < 4.78 is 23.4. The molecular weight excluding hydrogens is 346 g/mol. The molecule has 3 N–H and O–H groups in total. The van der Waals surface area contributed by atoms with E-state index in [9.17, 15) is 8.42 Å².